The average molecular weight is 506 g/mol. The molecule has 0 bridgehead atoms. The molecular weight excluding hydrogens is 477 g/mol. The summed E-state index contributed by atoms with van der Waals surface area (Å²) < 4.78 is 28.4. The first-order chi connectivity index (χ1) is 16.5. The van der Waals surface area contributed by atoms with Gasteiger partial charge in [0, 0.05) is 31.1 Å². The molecular formula is C24H29ClFN5O4. The molecule has 0 aliphatic carbocycles. The van der Waals surface area contributed by atoms with Gasteiger partial charge in [-0.3, -0.25) is 9.20 Å². The van der Waals surface area contributed by atoms with Gasteiger partial charge in [-0.25, -0.2) is 14.4 Å². The fraction of sp³-hybridized carbons (Fsp3) is 0.458. The van der Waals surface area contributed by atoms with Crippen LogP contribution in [0.25, 0.3) is 5.52 Å². The highest BCUT2D eigenvalue weighted by Crippen LogP contribution is 2.42. The van der Waals surface area contributed by atoms with Gasteiger partial charge >= 0.3 is 0 Å². The molecule has 0 saturated carbocycles. The summed E-state index contributed by atoms with van der Waals surface area (Å²) in [6.07, 6.45) is 4.22. The summed E-state index contributed by atoms with van der Waals surface area (Å²) >= 11 is 6.24. The molecule has 1 saturated heterocycles. The van der Waals surface area contributed by atoms with E-state index in [1.54, 1.807) is 31.4 Å². The summed E-state index contributed by atoms with van der Waals surface area (Å²) in [4.78, 5) is 21.8. The number of benzene rings is 1. The number of aryl methyl sites for hydroxylation is 1. The Kier molecular flexibility index (Phi) is 6.90. The fourth-order valence-corrected chi connectivity index (χ4v) is 4.54. The zero-order valence-corrected chi connectivity index (χ0v) is 20.8. The van der Waals surface area contributed by atoms with Crippen LogP contribution in [0, 0.1) is 12.7 Å². The number of aliphatic hydroxyl groups is 1. The zero-order valence-electron chi connectivity index (χ0n) is 20.1. The van der Waals surface area contributed by atoms with Crippen LogP contribution in [0.3, 0.4) is 0 Å². The number of fused-ring (bicyclic) bond motifs is 1. The molecule has 3 heterocycles. The molecule has 2 atom stereocenters. The van der Waals surface area contributed by atoms with Gasteiger partial charge in [-0.2, -0.15) is 0 Å². The zero-order chi connectivity index (χ0) is 25.5. The second kappa shape index (κ2) is 9.60. The predicted octanol–water partition coefficient (Wildman–Crippen LogP) is 3.36. The molecule has 1 aromatic carbocycles. The molecule has 1 aliphatic rings. The van der Waals surface area contributed by atoms with Crippen LogP contribution in [0.2, 0.25) is 5.02 Å². The average Bonchev–Trinajstić information content (AvgIpc) is 3.43. The Bertz CT molecular complexity index is 1270. The Labute approximate surface area is 207 Å². The topological polar surface area (TPSA) is 124 Å². The number of carbonyl (C=O) groups is 1. The van der Waals surface area contributed by atoms with Gasteiger partial charge in [0.2, 0.25) is 0 Å². The number of aromatic nitrogens is 3. The van der Waals surface area contributed by atoms with Gasteiger partial charge in [-0.05, 0) is 46.6 Å². The van der Waals surface area contributed by atoms with Gasteiger partial charge in [0.1, 0.15) is 34.1 Å². The van der Waals surface area contributed by atoms with Crippen molar-refractivity contribution in [1.29, 1.82) is 0 Å². The number of anilines is 1. The monoisotopic (exact) mass is 505 g/mol. The number of amides is 1. The molecule has 4 N–H and O–H groups in total. The van der Waals surface area contributed by atoms with E-state index < -0.39 is 29.0 Å². The van der Waals surface area contributed by atoms with E-state index in [0.717, 1.165) is 12.8 Å². The van der Waals surface area contributed by atoms with E-state index in [4.69, 9.17) is 26.8 Å². The standard InChI is InChI=1S/C24H29ClFN5O4/c1-12(2)35-20-15(24(4,33)23-30-13(3)19-21(27)28-7-8-31(19)23)10-16(25)18(26)17(20)22(32)29-11-14-6-5-9-34-14/h7-8,10,12,14,33H,5-6,9,11H2,1-4H3,(H2,27,28)(H,29,32)/t14-,24?/m0/s1. The molecule has 0 radical (unpaired) electrons. The maximum absolute atomic E-state index is 15.3. The number of carbonyl (C=O) groups excluding carboxylic acids is 1. The summed E-state index contributed by atoms with van der Waals surface area (Å²) in [5, 5.41) is 14.2. The van der Waals surface area contributed by atoms with Gasteiger partial charge in [0.25, 0.3) is 5.91 Å². The normalized spacial score (nSPS) is 17.7. The van der Waals surface area contributed by atoms with Crippen molar-refractivity contribution in [3.8, 4) is 5.75 Å². The summed E-state index contributed by atoms with van der Waals surface area (Å²) in [5.41, 5.74) is 4.94. The molecule has 11 heteroatoms. The van der Waals surface area contributed by atoms with Crippen molar-refractivity contribution in [2.24, 2.45) is 0 Å². The highest BCUT2D eigenvalue weighted by molar-refractivity contribution is 6.31. The van der Waals surface area contributed by atoms with Crippen molar-refractivity contribution >= 4 is 28.8 Å². The van der Waals surface area contributed by atoms with Crippen LogP contribution in [0.1, 0.15) is 61.1 Å². The fourth-order valence-electron chi connectivity index (χ4n) is 4.34. The third-order valence-electron chi connectivity index (χ3n) is 5.98. The second-order valence-corrected chi connectivity index (χ2v) is 9.47. The van der Waals surface area contributed by atoms with Crippen molar-refractivity contribution in [1.82, 2.24) is 19.7 Å². The third kappa shape index (κ3) is 4.65. The second-order valence-electron chi connectivity index (χ2n) is 9.06. The number of imidazole rings is 1. The van der Waals surface area contributed by atoms with E-state index in [-0.39, 0.29) is 40.6 Å². The van der Waals surface area contributed by atoms with Crippen LogP contribution in [0.4, 0.5) is 10.2 Å². The SMILES string of the molecule is Cc1nc(C(C)(O)c2cc(Cl)c(F)c(C(=O)NC[C@@H]3CCCO3)c2OC(C)C)n2ccnc(N)c12. The van der Waals surface area contributed by atoms with Gasteiger partial charge in [-0.1, -0.05) is 11.6 Å². The molecule has 1 amide bonds. The molecule has 0 spiro atoms. The summed E-state index contributed by atoms with van der Waals surface area (Å²) in [5.74, 6) is -1.35. The summed E-state index contributed by atoms with van der Waals surface area (Å²) in [6, 6.07) is 1.26. The van der Waals surface area contributed by atoms with Crippen LogP contribution in [0.5, 0.6) is 5.75 Å². The Morgan fingerprint density at radius 3 is 2.91 bits per heavy atom. The Hall–Kier alpha value is -2.95. The van der Waals surface area contributed by atoms with Crippen molar-refractivity contribution in [2.75, 3.05) is 18.9 Å². The predicted molar refractivity (Wildman–Crippen MR) is 129 cm³/mol. The first kappa shape index (κ1) is 25.2. The van der Waals surface area contributed by atoms with E-state index in [0.29, 0.717) is 17.8 Å². The first-order valence-electron chi connectivity index (χ1n) is 11.4. The van der Waals surface area contributed by atoms with E-state index in [1.807, 2.05) is 0 Å². The lowest BCUT2D eigenvalue weighted by molar-refractivity contribution is 0.0816. The van der Waals surface area contributed by atoms with Crippen LogP contribution in [-0.2, 0) is 10.3 Å². The lowest BCUT2D eigenvalue weighted by atomic mass is 9.91. The van der Waals surface area contributed by atoms with Crippen LogP contribution in [0.15, 0.2) is 18.5 Å². The quantitative estimate of drug-likeness (QED) is 0.449. The van der Waals surface area contributed by atoms with E-state index in [2.05, 4.69) is 15.3 Å². The number of ether oxygens (including phenoxy) is 2. The maximum atomic E-state index is 15.3. The first-order valence-corrected chi connectivity index (χ1v) is 11.8. The molecule has 1 aliphatic heterocycles. The number of nitrogens with one attached hydrogen (secondary N) is 1. The Morgan fingerprint density at radius 2 is 2.26 bits per heavy atom. The minimum absolute atomic E-state index is 0.0853. The lowest BCUT2D eigenvalue weighted by Gasteiger charge is -2.28. The molecule has 1 unspecified atom stereocenters. The van der Waals surface area contributed by atoms with Crippen LogP contribution >= 0.6 is 11.6 Å². The molecule has 2 aromatic heterocycles. The number of rotatable bonds is 7. The summed E-state index contributed by atoms with van der Waals surface area (Å²) in [6.45, 7) is 7.52. The Balaban J connectivity index is 1.87. The molecule has 35 heavy (non-hydrogen) atoms. The van der Waals surface area contributed by atoms with Crippen molar-refractivity contribution in [3.63, 3.8) is 0 Å². The van der Waals surface area contributed by atoms with E-state index >= 15 is 4.39 Å². The van der Waals surface area contributed by atoms with Crippen molar-refractivity contribution in [3.05, 3.63) is 51.9 Å². The third-order valence-corrected chi connectivity index (χ3v) is 6.26. The van der Waals surface area contributed by atoms with Gasteiger partial charge < -0.3 is 25.6 Å². The minimum atomic E-state index is -1.85. The van der Waals surface area contributed by atoms with Gasteiger partial charge in [0.05, 0.1) is 22.9 Å². The molecule has 9 nitrogen and oxygen atoms in total. The minimum Gasteiger partial charge on any atom is -0.490 e. The number of hydrogen-bond donors (Lipinski definition) is 3. The Morgan fingerprint density at radius 1 is 1.51 bits per heavy atom. The molecule has 188 valence electrons. The summed E-state index contributed by atoms with van der Waals surface area (Å²) in [7, 11) is 0. The number of halogens is 2. The van der Waals surface area contributed by atoms with Gasteiger partial charge in [0.15, 0.2) is 5.82 Å². The number of nitrogens with two attached hydrogens (primary N) is 1. The highest BCUT2D eigenvalue weighted by atomic mass is 35.5. The van der Waals surface area contributed by atoms with Crippen molar-refractivity contribution < 1.29 is 23.8 Å². The highest BCUT2D eigenvalue weighted by Gasteiger charge is 2.39. The van der Waals surface area contributed by atoms with E-state index in [9.17, 15) is 9.90 Å². The smallest absolute Gasteiger partial charge is 0.258 e. The number of hydrogen-bond acceptors (Lipinski definition) is 7. The van der Waals surface area contributed by atoms with Crippen LogP contribution in [-0.4, -0.2) is 50.7 Å². The lowest BCUT2D eigenvalue weighted by Crippen LogP contribution is -2.34. The molecule has 4 rings (SSSR count). The number of nitrogens with zero attached hydrogens (tertiary/aromatic N) is 3. The largest absolute Gasteiger partial charge is 0.490 e. The van der Waals surface area contributed by atoms with Crippen LogP contribution < -0.4 is 15.8 Å². The number of nitrogen functional groups attached to an aromatic ring is 1. The molecule has 1 fully saturated rings. The van der Waals surface area contributed by atoms with Crippen molar-refractivity contribution in [2.45, 2.75) is 58.3 Å². The van der Waals surface area contributed by atoms with Gasteiger partial charge in [-0.15, -0.1) is 0 Å². The van der Waals surface area contributed by atoms with E-state index in [1.165, 1.54) is 19.2 Å². The molecule has 3 aromatic rings. The maximum Gasteiger partial charge on any atom is 0.258 e.